The summed E-state index contributed by atoms with van der Waals surface area (Å²) in [6, 6.07) is 5.84. The van der Waals surface area contributed by atoms with E-state index in [1.54, 1.807) is 32.9 Å². The SMILES string of the molecule is CC(C)(C)OC(=O)N1OCCC1c1ccc(F)cc1. The van der Waals surface area contributed by atoms with Crippen molar-refractivity contribution in [2.75, 3.05) is 6.61 Å². The van der Waals surface area contributed by atoms with Gasteiger partial charge in [-0.05, 0) is 38.5 Å². The zero-order chi connectivity index (χ0) is 14.0. The van der Waals surface area contributed by atoms with Crippen molar-refractivity contribution in [2.24, 2.45) is 0 Å². The van der Waals surface area contributed by atoms with Crippen molar-refractivity contribution >= 4 is 6.09 Å². The van der Waals surface area contributed by atoms with E-state index in [2.05, 4.69) is 0 Å². The van der Waals surface area contributed by atoms with Gasteiger partial charge in [0, 0.05) is 6.42 Å². The summed E-state index contributed by atoms with van der Waals surface area (Å²) < 4.78 is 18.2. The Morgan fingerprint density at radius 2 is 2.00 bits per heavy atom. The van der Waals surface area contributed by atoms with Gasteiger partial charge in [-0.25, -0.2) is 9.18 Å². The predicted molar refractivity (Wildman–Crippen MR) is 67.8 cm³/mol. The Kier molecular flexibility index (Phi) is 3.75. The molecule has 0 saturated carbocycles. The zero-order valence-corrected chi connectivity index (χ0v) is 11.4. The molecule has 1 aliphatic rings. The summed E-state index contributed by atoms with van der Waals surface area (Å²) >= 11 is 0. The number of carbonyl (C=O) groups excluding carboxylic acids is 1. The lowest BCUT2D eigenvalue weighted by molar-refractivity contribution is -0.125. The Balaban J connectivity index is 2.12. The van der Waals surface area contributed by atoms with E-state index in [0.29, 0.717) is 13.0 Å². The molecule has 0 radical (unpaired) electrons. The fourth-order valence-electron chi connectivity index (χ4n) is 1.94. The first kappa shape index (κ1) is 13.8. The van der Waals surface area contributed by atoms with E-state index in [-0.39, 0.29) is 11.9 Å². The number of ether oxygens (including phenoxy) is 1. The number of rotatable bonds is 1. The standard InChI is InChI=1S/C14H18FNO3/c1-14(2,3)19-13(17)16-12(8-9-18-16)10-4-6-11(15)7-5-10/h4-7,12H,8-9H2,1-3H3. The molecule has 1 aromatic rings. The van der Waals surface area contributed by atoms with Crippen molar-refractivity contribution in [3.05, 3.63) is 35.6 Å². The largest absolute Gasteiger partial charge is 0.442 e. The third-order valence-corrected chi connectivity index (χ3v) is 2.73. The molecule has 0 spiro atoms. The number of hydrogen-bond acceptors (Lipinski definition) is 3. The first-order chi connectivity index (χ1) is 8.87. The lowest BCUT2D eigenvalue weighted by Crippen LogP contribution is -2.35. The second-order valence-corrected chi connectivity index (χ2v) is 5.50. The number of hydrogen-bond donors (Lipinski definition) is 0. The molecule has 19 heavy (non-hydrogen) atoms. The Hall–Kier alpha value is -1.62. The minimum absolute atomic E-state index is 0.226. The number of halogens is 1. The quantitative estimate of drug-likeness (QED) is 0.782. The first-order valence-electron chi connectivity index (χ1n) is 6.27. The maximum absolute atomic E-state index is 12.9. The summed E-state index contributed by atoms with van der Waals surface area (Å²) in [6.07, 6.45) is 0.157. The highest BCUT2D eigenvalue weighted by atomic mass is 19.1. The second kappa shape index (κ2) is 5.17. The Labute approximate surface area is 112 Å². The van der Waals surface area contributed by atoms with Crippen LogP contribution < -0.4 is 0 Å². The van der Waals surface area contributed by atoms with Gasteiger partial charge in [0.05, 0.1) is 12.6 Å². The zero-order valence-electron chi connectivity index (χ0n) is 11.4. The highest BCUT2D eigenvalue weighted by Crippen LogP contribution is 2.31. The molecule has 1 amide bonds. The molecule has 1 atom stereocenters. The summed E-state index contributed by atoms with van der Waals surface area (Å²) in [5.74, 6) is -0.300. The molecule has 1 aliphatic heterocycles. The molecular formula is C14H18FNO3. The maximum Gasteiger partial charge on any atom is 0.435 e. The van der Waals surface area contributed by atoms with E-state index in [4.69, 9.17) is 9.57 Å². The fourth-order valence-corrected chi connectivity index (χ4v) is 1.94. The molecule has 5 heteroatoms. The molecule has 0 N–H and O–H groups in total. The van der Waals surface area contributed by atoms with Gasteiger partial charge in [-0.3, -0.25) is 4.84 Å². The number of nitrogens with zero attached hydrogens (tertiary/aromatic N) is 1. The van der Waals surface area contributed by atoms with Crippen LogP contribution in [0.5, 0.6) is 0 Å². The van der Waals surface area contributed by atoms with Gasteiger partial charge < -0.3 is 4.74 Å². The molecule has 1 aromatic carbocycles. The third kappa shape index (κ3) is 3.44. The maximum atomic E-state index is 12.9. The summed E-state index contributed by atoms with van der Waals surface area (Å²) in [7, 11) is 0. The Morgan fingerprint density at radius 3 is 2.58 bits per heavy atom. The molecule has 0 bridgehead atoms. The van der Waals surface area contributed by atoms with Gasteiger partial charge in [-0.2, -0.15) is 5.06 Å². The van der Waals surface area contributed by atoms with Gasteiger partial charge in [0.15, 0.2) is 0 Å². The van der Waals surface area contributed by atoms with Gasteiger partial charge in [-0.1, -0.05) is 12.1 Å². The summed E-state index contributed by atoms with van der Waals surface area (Å²) in [4.78, 5) is 17.3. The molecule has 1 fully saturated rings. The van der Waals surface area contributed by atoms with Crippen molar-refractivity contribution in [3.8, 4) is 0 Å². The minimum atomic E-state index is -0.573. The van der Waals surface area contributed by atoms with Crippen LogP contribution in [0.3, 0.4) is 0 Å². The molecule has 2 rings (SSSR count). The second-order valence-electron chi connectivity index (χ2n) is 5.50. The van der Waals surface area contributed by atoms with Crippen molar-refractivity contribution in [2.45, 2.75) is 38.8 Å². The number of benzene rings is 1. The van der Waals surface area contributed by atoms with Crippen LogP contribution in [0, 0.1) is 5.82 Å². The van der Waals surface area contributed by atoms with Crippen LogP contribution in [0.25, 0.3) is 0 Å². The summed E-state index contributed by atoms with van der Waals surface area (Å²) in [5.41, 5.74) is 0.265. The number of carbonyl (C=O) groups is 1. The molecule has 104 valence electrons. The monoisotopic (exact) mass is 267 g/mol. The average molecular weight is 267 g/mol. The van der Waals surface area contributed by atoms with Gasteiger partial charge in [0.1, 0.15) is 11.4 Å². The molecule has 0 aromatic heterocycles. The molecule has 4 nitrogen and oxygen atoms in total. The molecule has 1 heterocycles. The van der Waals surface area contributed by atoms with Gasteiger partial charge in [-0.15, -0.1) is 0 Å². The number of hydroxylamine groups is 2. The molecule has 0 aliphatic carbocycles. The first-order valence-corrected chi connectivity index (χ1v) is 6.27. The normalized spacial score (nSPS) is 19.6. The van der Waals surface area contributed by atoms with Crippen LogP contribution in [0.1, 0.15) is 38.8 Å². The Bertz CT molecular complexity index is 453. The van der Waals surface area contributed by atoms with Crippen LogP contribution in [0.15, 0.2) is 24.3 Å². The molecule has 1 unspecified atom stereocenters. The summed E-state index contributed by atoms with van der Waals surface area (Å²) in [5, 5.41) is 1.23. The van der Waals surface area contributed by atoms with Gasteiger partial charge in [0.25, 0.3) is 0 Å². The third-order valence-electron chi connectivity index (χ3n) is 2.73. The highest BCUT2D eigenvalue weighted by molar-refractivity contribution is 5.67. The topological polar surface area (TPSA) is 38.8 Å². The minimum Gasteiger partial charge on any atom is -0.442 e. The van der Waals surface area contributed by atoms with Crippen molar-refractivity contribution in [3.63, 3.8) is 0 Å². The molecule has 1 saturated heterocycles. The van der Waals surface area contributed by atoms with Crippen molar-refractivity contribution < 1.29 is 18.8 Å². The van der Waals surface area contributed by atoms with Crippen LogP contribution >= 0.6 is 0 Å². The van der Waals surface area contributed by atoms with Crippen LogP contribution in [-0.2, 0) is 9.57 Å². The predicted octanol–water partition coefficient (Wildman–Crippen LogP) is 3.44. The fraction of sp³-hybridized carbons (Fsp3) is 0.500. The smallest absolute Gasteiger partial charge is 0.435 e. The molecular weight excluding hydrogens is 249 g/mol. The van der Waals surface area contributed by atoms with Gasteiger partial charge >= 0.3 is 6.09 Å². The van der Waals surface area contributed by atoms with Crippen molar-refractivity contribution in [1.82, 2.24) is 5.06 Å². The lowest BCUT2D eigenvalue weighted by atomic mass is 10.0. The lowest BCUT2D eigenvalue weighted by Gasteiger charge is -2.27. The van der Waals surface area contributed by atoms with E-state index >= 15 is 0 Å². The van der Waals surface area contributed by atoms with Crippen LogP contribution in [0.4, 0.5) is 9.18 Å². The van der Waals surface area contributed by atoms with E-state index < -0.39 is 11.7 Å². The highest BCUT2D eigenvalue weighted by Gasteiger charge is 2.34. The van der Waals surface area contributed by atoms with Crippen LogP contribution in [-0.4, -0.2) is 23.4 Å². The van der Waals surface area contributed by atoms with Crippen LogP contribution in [0.2, 0.25) is 0 Å². The van der Waals surface area contributed by atoms with Gasteiger partial charge in [0.2, 0.25) is 0 Å². The van der Waals surface area contributed by atoms with E-state index in [0.717, 1.165) is 5.56 Å². The Morgan fingerprint density at radius 1 is 1.37 bits per heavy atom. The van der Waals surface area contributed by atoms with Crippen molar-refractivity contribution in [1.29, 1.82) is 0 Å². The summed E-state index contributed by atoms with van der Waals surface area (Å²) in [6.45, 7) is 5.84. The average Bonchev–Trinajstić information content (AvgIpc) is 2.76. The number of amides is 1. The van der Waals surface area contributed by atoms with E-state index in [9.17, 15) is 9.18 Å². The van der Waals surface area contributed by atoms with E-state index in [1.165, 1.54) is 17.2 Å². The van der Waals surface area contributed by atoms with E-state index in [1.807, 2.05) is 0 Å².